The number of hydrogen-bond acceptors (Lipinski definition) is 0. The molecule has 8 rings (SSSR count). The molecule has 0 spiro atoms. The number of fused-ring (bicyclic) bond motifs is 6. The van der Waals surface area contributed by atoms with Crippen molar-refractivity contribution in [3.8, 4) is 22.5 Å². The number of alkyl halides is 6. The number of aryl methyl sites for hydroxylation is 2. The van der Waals surface area contributed by atoms with Gasteiger partial charge in [0, 0.05) is 27.1 Å². The van der Waals surface area contributed by atoms with E-state index in [0.717, 1.165) is 44.8 Å². The second-order valence-electron chi connectivity index (χ2n) is 12.5. The summed E-state index contributed by atoms with van der Waals surface area (Å²) >= 11 is 0. The predicted molar refractivity (Wildman–Crippen MR) is 186 cm³/mol. The van der Waals surface area contributed by atoms with Crippen LogP contribution in [0.15, 0.2) is 115 Å². The Morgan fingerprint density at radius 3 is 1.42 bits per heavy atom. The predicted octanol–water partition coefficient (Wildman–Crippen LogP) is 12.8. The van der Waals surface area contributed by atoms with Gasteiger partial charge in [-0.25, -0.2) is 4.85 Å². The molecule has 0 saturated heterocycles. The van der Waals surface area contributed by atoms with E-state index in [-0.39, 0.29) is 28.2 Å². The van der Waals surface area contributed by atoms with Crippen LogP contribution in [0, 0.1) is 20.4 Å². The summed E-state index contributed by atoms with van der Waals surface area (Å²) in [6.45, 7) is 11.2. The van der Waals surface area contributed by atoms with Gasteiger partial charge in [0.25, 0.3) is 0 Å². The molecule has 0 saturated carbocycles. The maximum atomic E-state index is 15.9. The van der Waals surface area contributed by atoms with Gasteiger partial charge in [0.1, 0.15) is 5.56 Å². The van der Waals surface area contributed by atoms with E-state index >= 15 is 13.2 Å². The first kappa shape index (κ1) is 31.3. The Balaban J connectivity index is 1.61. The van der Waals surface area contributed by atoms with Crippen LogP contribution in [0.3, 0.4) is 0 Å². The number of benzene rings is 6. The standard InChI is InChI=1S/C41H25F6N3/c1-23-12-14-31-29-8-4-6-10-33(29)49(35(31)16-23)37-20-26(25-18-27(40(42,43)44)22-28(19-25)48-3)21-38(39(37)41(45,46)47)50-34-11-7-5-9-30(34)32-15-13-24(2)17-36(32)50/h4-22H,1-2H3. The highest BCUT2D eigenvalue weighted by Gasteiger charge is 2.40. The van der Waals surface area contributed by atoms with Crippen LogP contribution in [0.1, 0.15) is 22.3 Å². The maximum Gasteiger partial charge on any atom is 0.420 e. The van der Waals surface area contributed by atoms with Gasteiger partial charge in [-0.05, 0) is 90.7 Å². The van der Waals surface area contributed by atoms with Crippen molar-refractivity contribution in [2.24, 2.45) is 0 Å². The van der Waals surface area contributed by atoms with E-state index < -0.39 is 23.5 Å². The van der Waals surface area contributed by atoms with Gasteiger partial charge in [-0.1, -0.05) is 60.7 Å². The SMILES string of the molecule is [C-]#[N+]c1cc(-c2cc(-n3c4ccccc4c4ccc(C)cc43)c(C(F)(F)F)c(-n3c4ccccc4c4ccc(C)cc43)c2)cc(C(F)(F)F)c1. The average Bonchev–Trinajstić information content (AvgIpc) is 3.58. The lowest BCUT2D eigenvalue weighted by molar-refractivity contribution is -0.138. The highest BCUT2D eigenvalue weighted by atomic mass is 19.4. The lowest BCUT2D eigenvalue weighted by Gasteiger charge is -2.23. The molecule has 0 aliphatic heterocycles. The lowest BCUT2D eigenvalue weighted by Crippen LogP contribution is -2.16. The summed E-state index contributed by atoms with van der Waals surface area (Å²) in [7, 11) is 0. The summed E-state index contributed by atoms with van der Waals surface area (Å²) < 4.78 is 93.2. The summed E-state index contributed by atoms with van der Waals surface area (Å²) in [6.07, 6.45) is -9.70. The molecule has 8 aromatic rings. The molecule has 3 nitrogen and oxygen atoms in total. The molecule has 6 aromatic carbocycles. The summed E-state index contributed by atoms with van der Waals surface area (Å²) in [5.41, 5.74) is 0.960. The van der Waals surface area contributed by atoms with Crippen molar-refractivity contribution in [3.63, 3.8) is 0 Å². The molecule has 0 aliphatic carbocycles. The van der Waals surface area contributed by atoms with Crippen LogP contribution in [-0.4, -0.2) is 9.13 Å². The number of aromatic nitrogens is 2. The topological polar surface area (TPSA) is 14.2 Å². The van der Waals surface area contributed by atoms with Gasteiger partial charge >= 0.3 is 12.4 Å². The van der Waals surface area contributed by atoms with Crippen molar-refractivity contribution in [3.05, 3.63) is 149 Å². The molecule has 2 heterocycles. The molecule has 0 amide bonds. The summed E-state index contributed by atoms with van der Waals surface area (Å²) in [5.74, 6) is 0. The van der Waals surface area contributed by atoms with Gasteiger partial charge in [0.2, 0.25) is 0 Å². The van der Waals surface area contributed by atoms with E-state index in [1.165, 1.54) is 18.2 Å². The molecule has 50 heavy (non-hydrogen) atoms. The van der Waals surface area contributed by atoms with E-state index in [9.17, 15) is 13.2 Å². The lowest BCUT2D eigenvalue weighted by atomic mass is 9.97. The van der Waals surface area contributed by atoms with E-state index in [4.69, 9.17) is 6.57 Å². The summed E-state index contributed by atoms with van der Waals surface area (Å²) in [6, 6.07) is 30.9. The minimum atomic E-state index is -4.91. The molecule has 246 valence electrons. The molecule has 0 unspecified atom stereocenters. The van der Waals surface area contributed by atoms with Gasteiger partial charge in [-0.3, -0.25) is 0 Å². The third-order valence-corrected chi connectivity index (χ3v) is 9.23. The zero-order chi connectivity index (χ0) is 35.1. The molecule has 0 radical (unpaired) electrons. The number of nitrogens with zero attached hydrogens (tertiary/aromatic N) is 3. The molecule has 0 aliphatic rings. The highest BCUT2D eigenvalue weighted by Crippen LogP contribution is 2.47. The first-order valence-corrected chi connectivity index (χ1v) is 15.7. The minimum absolute atomic E-state index is 0.0315. The second kappa shape index (κ2) is 11.0. The van der Waals surface area contributed by atoms with E-state index in [2.05, 4.69) is 4.85 Å². The molecule has 0 N–H and O–H groups in total. The van der Waals surface area contributed by atoms with Gasteiger partial charge in [0.15, 0.2) is 5.69 Å². The molecule has 0 fully saturated rings. The molecule has 0 atom stereocenters. The van der Waals surface area contributed by atoms with Crippen molar-refractivity contribution in [2.75, 3.05) is 0 Å². The molecular weight excluding hydrogens is 648 g/mol. The number of hydrogen-bond donors (Lipinski definition) is 0. The van der Waals surface area contributed by atoms with Crippen molar-refractivity contribution in [1.82, 2.24) is 9.13 Å². The highest BCUT2D eigenvalue weighted by molar-refractivity contribution is 6.11. The fraction of sp³-hybridized carbons (Fsp3) is 0.0976. The first-order valence-electron chi connectivity index (χ1n) is 15.7. The monoisotopic (exact) mass is 673 g/mol. The fourth-order valence-electron chi connectivity index (χ4n) is 7.11. The van der Waals surface area contributed by atoms with Crippen LogP contribution >= 0.6 is 0 Å². The number of halogens is 6. The first-order chi connectivity index (χ1) is 23.8. The quantitative estimate of drug-likeness (QED) is 0.131. The van der Waals surface area contributed by atoms with Crippen LogP contribution in [-0.2, 0) is 12.4 Å². The maximum absolute atomic E-state index is 15.9. The zero-order valence-electron chi connectivity index (χ0n) is 26.6. The largest absolute Gasteiger partial charge is 0.420 e. The Bertz CT molecular complexity index is 2580. The molecule has 2 aromatic heterocycles. The third-order valence-electron chi connectivity index (χ3n) is 9.23. The fourth-order valence-corrected chi connectivity index (χ4v) is 7.11. The Labute approximate surface area is 282 Å². The van der Waals surface area contributed by atoms with Crippen LogP contribution < -0.4 is 0 Å². The van der Waals surface area contributed by atoms with E-state index in [1.54, 1.807) is 33.4 Å². The Kier molecular flexibility index (Phi) is 6.88. The van der Waals surface area contributed by atoms with Gasteiger partial charge in [-0.15, -0.1) is 0 Å². The Morgan fingerprint density at radius 2 is 0.960 bits per heavy atom. The van der Waals surface area contributed by atoms with Crippen molar-refractivity contribution in [2.45, 2.75) is 26.2 Å². The summed E-state index contributed by atoms with van der Waals surface area (Å²) in [5, 5.41) is 2.91. The molecule has 0 bridgehead atoms. The van der Waals surface area contributed by atoms with Crippen molar-refractivity contribution < 1.29 is 26.3 Å². The Morgan fingerprint density at radius 1 is 0.500 bits per heavy atom. The zero-order valence-corrected chi connectivity index (χ0v) is 26.6. The van der Waals surface area contributed by atoms with Crippen LogP contribution in [0.25, 0.3) is 71.0 Å². The molecule has 9 heteroatoms. The average molecular weight is 674 g/mol. The van der Waals surface area contributed by atoms with E-state index in [1.807, 2.05) is 74.5 Å². The Hall–Kier alpha value is -6.01. The van der Waals surface area contributed by atoms with Crippen molar-refractivity contribution >= 4 is 49.3 Å². The molecular formula is C41H25F6N3. The smallest absolute Gasteiger partial charge is 0.309 e. The second-order valence-corrected chi connectivity index (χ2v) is 12.5. The summed E-state index contributed by atoms with van der Waals surface area (Å²) in [4.78, 5) is 3.28. The number of para-hydroxylation sites is 2. The number of rotatable bonds is 3. The van der Waals surface area contributed by atoms with Crippen LogP contribution in [0.2, 0.25) is 0 Å². The van der Waals surface area contributed by atoms with Gasteiger partial charge < -0.3 is 9.13 Å². The van der Waals surface area contributed by atoms with Gasteiger partial charge in [0.05, 0.1) is 40.0 Å². The normalized spacial score (nSPS) is 12.4. The van der Waals surface area contributed by atoms with Crippen LogP contribution in [0.5, 0.6) is 0 Å². The minimum Gasteiger partial charge on any atom is -0.309 e. The van der Waals surface area contributed by atoms with E-state index in [0.29, 0.717) is 22.1 Å². The third kappa shape index (κ3) is 4.90. The van der Waals surface area contributed by atoms with Gasteiger partial charge in [-0.2, -0.15) is 26.3 Å². The van der Waals surface area contributed by atoms with Crippen LogP contribution in [0.4, 0.5) is 32.0 Å². The van der Waals surface area contributed by atoms with Crippen molar-refractivity contribution in [1.29, 1.82) is 0 Å².